The molecule has 80 valence electrons. The minimum absolute atomic E-state index is 0.529. The maximum absolute atomic E-state index is 2.46. The lowest BCUT2D eigenvalue weighted by atomic mass is 9.65. The van der Waals surface area contributed by atoms with Gasteiger partial charge in [-0.1, -0.05) is 38.3 Å². The van der Waals surface area contributed by atoms with Gasteiger partial charge in [-0.3, -0.25) is 0 Å². The van der Waals surface area contributed by atoms with Crippen molar-refractivity contribution in [3.8, 4) is 0 Å². The molecule has 0 aromatic heterocycles. The Morgan fingerprint density at radius 1 is 1.29 bits per heavy atom. The van der Waals surface area contributed by atoms with Gasteiger partial charge in [0.15, 0.2) is 0 Å². The second-order valence-electron chi connectivity index (χ2n) is 5.84. The van der Waals surface area contributed by atoms with Crippen LogP contribution in [0.15, 0.2) is 11.1 Å². The average molecular weight is 192 g/mol. The van der Waals surface area contributed by atoms with Crippen LogP contribution in [0.2, 0.25) is 0 Å². The molecule has 0 heterocycles. The standard InChI is InChI=1S/C14H24/c1-4-11-7-8-12-6-5-9-14(2,3)13(12)10-11/h11H,4-10H2,1-3H3. The van der Waals surface area contributed by atoms with Crippen molar-refractivity contribution in [1.82, 2.24) is 0 Å². The third-order valence-corrected chi connectivity index (χ3v) is 4.45. The summed E-state index contributed by atoms with van der Waals surface area (Å²) in [5.74, 6) is 0.992. The molecule has 0 radical (unpaired) electrons. The molecular formula is C14H24. The van der Waals surface area contributed by atoms with Gasteiger partial charge in [0.1, 0.15) is 0 Å². The van der Waals surface area contributed by atoms with E-state index in [2.05, 4.69) is 20.8 Å². The molecule has 1 unspecified atom stereocenters. The van der Waals surface area contributed by atoms with Crippen LogP contribution in [0, 0.1) is 11.3 Å². The van der Waals surface area contributed by atoms with E-state index in [1.165, 1.54) is 44.9 Å². The molecule has 0 saturated heterocycles. The molecule has 0 nitrogen and oxygen atoms in total. The fourth-order valence-electron chi connectivity index (χ4n) is 3.34. The summed E-state index contributed by atoms with van der Waals surface area (Å²) < 4.78 is 0. The second kappa shape index (κ2) is 3.72. The molecule has 2 aliphatic carbocycles. The maximum Gasteiger partial charge on any atom is -0.0142 e. The molecule has 0 aliphatic heterocycles. The van der Waals surface area contributed by atoms with E-state index in [0.29, 0.717) is 5.41 Å². The minimum atomic E-state index is 0.529. The molecule has 0 heteroatoms. The van der Waals surface area contributed by atoms with Crippen molar-refractivity contribution in [3.05, 3.63) is 11.1 Å². The van der Waals surface area contributed by atoms with Crippen LogP contribution in [0.5, 0.6) is 0 Å². The van der Waals surface area contributed by atoms with Crippen LogP contribution in [0.1, 0.15) is 65.7 Å². The Morgan fingerprint density at radius 2 is 2.07 bits per heavy atom. The number of hydrogen-bond acceptors (Lipinski definition) is 0. The quantitative estimate of drug-likeness (QED) is 0.528. The fourth-order valence-corrected chi connectivity index (χ4v) is 3.34. The summed E-state index contributed by atoms with van der Waals surface area (Å²) in [6.07, 6.45) is 9.94. The van der Waals surface area contributed by atoms with Crippen LogP contribution in [0.25, 0.3) is 0 Å². The van der Waals surface area contributed by atoms with Crippen molar-refractivity contribution in [2.45, 2.75) is 65.7 Å². The first kappa shape index (κ1) is 10.3. The summed E-state index contributed by atoms with van der Waals surface area (Å²) in [4.78, 5) is 0. The van der Waals surface area contributed by atoms with E-state index < -0.39 is 0 Å². The van der Waals surface area contributed by atoms with Crippen molar-refractivity contribution in [1.29, 1.82) is 0 Å². The lowest BCUT2D eigenvalue weighted by Gasteiger charge is -2.40. The van der Waals surface area contributed by atoms with Gasteiger partial charge >= 0.3 is 0 Å². The largest absolute Gasteiger partial charge is 0.0704 e. The van der Waals surface area contributed by atoms with E-state index in [0.717, 1.165) is 5.92 Å². The van der Waals surface area contributed by atoms with E-state index >= 15 is 0 Å². The second-order valence-corrected chi connectivity index (χ2v) is 5.84. The Bertz CT molecular complexity index is 245. The van der Waals surface area contributed by atoms with Crippen LogP contribution >= 0.6 is 0 Å². The summed E-state index contributed by atoms with van der Waals surface area (Å²) in [5.41, 5.74) is 4.22. The SMILES string of the molecule is CCC1CCC2=C(C1)C(C)(C)CCC2. The molecule has 0 fully saturated rings. The monoisotopic (exact) mass is 192 g/mol. The average Bonchev–Trinajstić information content (AvgIpc) is 2.17. The van der Waals surface area contributed by atoms with Gasteiger partial charge in [0.2, 0.25) is 0 Å². The zero-order valence-electron chi connectivity index (χ0n) is 10.0. The highest BCUT2D eigenvalue weighted by molar-refractivity contribution is 5.26. The highest BCUT2D eigenvalue weighted by Crippen LogP contribution is 2.48. The molecule has 1 atom stereocenters. The van der Waals surface area contributed by atoms with E-state index in [9.17, 15) is 0 Å². The summed E-state index contributed by atoms with van der Waals surface area (Å²) in [6.45, 7) is 7.27. The van der Waals surface area contributed by atoms with Crippen molar-refractivity contribution in [2.75, 3.05) is 0 Å². The van der Waals surface area contributed by atoms with Crippen molar-refractivity contribution in [3.63, 3.8) is 0 Å². The summed E-state index contributed by atoms with van der Waals surface area (Å²) >= 11 is 0. The third-order valence-electron chi connectivity index (χ3n) is 4.45. The van der Waals surface area contributed by atoms with Crippen LogP contribution in [-0.2, 0) is 0 Å². The fraction of sp³-hybridized carbons (Fsp3) is 0.857. The van der Waals surface area contributed by atoms with E-state index in [1.54, 1.807) is 0 Å². The van der Waals surface area contributed by atoms with E-state index in [4.69, 9.17) is 0 Å². The predicted octanol–water partition coefficient (Wildman–Crippen LogP) is 4.70. The first-order chi connectivity index (χ1) is 6.63. The molecule has 0 spiro atoms. The Hall–Kier alpha value is -0.260. The smallest absolute Gasteiger partial charge is 0.0142 e. The van der Waals surface area contributed by atoms with Gasteiger partial charge in [0.25, 0.3) is 0 Å². The number of allylic oxidation sites excluding steroid dienone is 2. The summed E-state index contributed by atoms with van der Waals surface area (Å²) in [5, 5.41) is 0. The van der Waals surface area contributed by atoms with Gasteiger partial charge in [-0.2, -0.15) is 0 Å². The normalized spacial score (nSPS) is 31.5. The highest BCUT2D eigenvalue weighted by atomic mass is 14.4. The van der Waals surface area contributed by atoms with Gasteiger partial charge in [0.05, 0.1) is 0 Å². The molecule has 0 aromatic carbocycles. The molecule has 0 bridgehead atoms. The van der Waals surface area contributed by atoms with E-state index in [1.807, 2.05) is 11.1 Å². The highest BCUT2D eigenvalue weighted by Gasteiger charge is 2.33. The Balaban J connectivity index is 2.22. The first-order valence-corrected chi connectivity index (χ1v) is 6.35. The van der Waals surface area contributed by atoms with Crippen molar-refractivity contribution in [2.24, 2.45) is 11.3 Å². The van der Waals surface area contributed by atoms with Crippen LogP contribution in [-0.4, -0.2) is 0 Å². The van der Waals surface area contributed by atoms with Gasteiger partial charge in [-0.15, -0.1) is 0 Å². The van der Waals surface area contributed by atoms with Gasteiger partial charge in [-0.25, -0.2) is 0 Å². The molecule has 0 aromatic rings. The molecule has 0 saturated carbocycles. The van der Waals surface area contributed by atoms with Gasteiger partial charge < -0.3 is 0 Å². The lowest BCUT2D eigenvalue weighted by molar-refractivity contribution is 0.300. The summed E-state index contributed by atoms with van der Waals surface area (Å²) in [6, 6.07) is 0. The molecule has 14 heavy (non-hydrogen) atoms. The predicted molar refractivity (Wildman–Crippen MR) is 62.3 cm³/mol. The van der Waals surface area contributed by atoms with Crippen LogP contribution in [0.4, 0.5) is 0 Å². The van der Waals surface area contributed by atoms with Crippen molar-refractivity contribution >= 4 is 0 Å². The maximum atomic E-state index is 2.46. The summed E-state index contributed by atoms with van der Waals surface area (Å²) in [7, 11) is 0. The Morgan fingerprint density at radius 3 is 2.79 bits per heavy atom. The number of rotatable bonds is 1. The lowest BCUT2D eigenvalue weighted by Crippen LogP contribution is -2.25. The van der Waals surface area contributed by atoms with Crippen LogP contribution in [0.3, 0.4) is 0 Å². The van der Waals surface area contributed by atoms with Crippen LogP contribution < -0.4 is 0 Å². The topological polar surface area (TPSA) is 0 Å². The first-order valence-electron chi connectivity index (χ1n) is 6.35. The molecule has 0 amide bonds. The zero-order valence-corrected chi connectivity index (χ0v) is 10.0. The third kappa shape index (κ3) is 1.76. The molecular weight excluding hydrogens is 168 g/mol. The van der Waals surface area contributed by atoms with Crippen molar-refractivity contribution < 1.29 is 0 Å². The number of hydrogen-bond donors (Lipinski definition) is 0. The van der Waals surface area contributed by atoms with E-state index in [-0.39, 0.29) is 0 Å². The molecule has 0 N–H and O–H groups in total. The van der Waals surface area contributed by atoms with Gasteiger partial charge in [0, 0.05) is 0 Å². The minimum Gasteiger partial charge on any atom is -0.0704 e. The Labute approximate surface area is 88.8 Å². The molecule has 2 aliphatic rings. The Kier molecular flexibility index (Phi) is 2.72. The van der Waals surface area contributed by atoms with Gasteiger partial charge in [-0.05, 0) is 49.9 Å². The zero-order chi connectivity index (χ0) is 10.2. The molecule has 2 rings (SSSR count).